The molecule has 5 rings (SSSR count). The van der Waals surface area contributed by atoms with Crippen LogP contribution in [-0.4, -0.2) is 54.5 Å². The maximum absolute atomic E-state index is 13.1. The number of nitrogens with zero attached hydrogens (tertiary/aromatic N) is 5. The van der Waals surface area contributed by atoms with E-state index in [4.69, 9.17) is 0 Å². The Balaban J connectivity index is 1.46. The van der Waals surface area contributed by atoms with Gasteiger partial charge in [-0.15, -0.1) is 11.3 Å². The van der Waals surface area contributed by atoms with Gasteiger partial charge in [0.25, 0.3) is 11.8 Å². The van der Waals surface area contributed by atoms with E-state index in [0.29, 0.717) is 33.3 Å². The molecule has 2 aromatic carbocycles. The van der Waals surface area contributed by atoms with Crippen molar-refractivity contribution in [2.75, 3.05) is 17.3 Å². The van der Waals surface area contributed by atoms with Gasteiger partial charge in [0, 0.05) is 18.3 Å². The zero-order valence-electron chi connectivity index (χ0n) is 20.5. The first-order chi connectivity index (χ1) is 17.7. The minimum atomic E-state index is -1.06. The van der Waals surface area contributed by atoms with Crippen molar-refractivity contribution < 1.29 is 14.7 Å². The van der Waals surface area contributed by atoms with E-state index in [0.717, 1.165) is 10.4 Å². The number of imidazole rings is 1. The molecule has 10 nitrogen and oxygen atoms in total. The second-order valence-corrected chi connectivity index (χ2v) is 10.3. The van der Waals surface area contributed by atoms with Crippen LogP contribution < -0.4 is 10.2 Å². The first kappa shape index (κ1) is 24.3. The fraction of sp³-hybridized carbons (Fsp3) is 0.192. The second-order valence-electron chi connectivity index (χ2n) is 9.21. The molecule has 0 unspecified atom stereocenters. The van der Waals surface area contributed by atoms with Crippen LogP contribution in [0.5, 0.6) is 0 Å². The monoisotopic (exact) mass is 515 g/mol. The van der Waals surface area contributed by atoms with Crippen LogP contribution in [-0.2, 0) is 6.54 Å². The number of carbonyl (C=O) groups is 2. The van der Waals surface area contributed by atoms with Crippen LogP contribution in [0.25, 0.3) is 21.6 Å². The van der Waals surface area contributed by atoms with Crippen molar-refractivity contribution in [2.24, 2.45) is 0 Å². The van der Waals surface area contributed by atoms with Gasteiger partial charge in [-0.25, -0.2) is 4.98 Å². The summed E-state index contributed by atoms with van der Waals surface area (Å²) in [5.41, 5.74) is 2.12. The Hall–Kier alpha value is -4.35. The maximum atomic E-state index is 13.1. The van der Waals surface area contributed by atoms with E-state index in [1.165, 1.54) is 11.3 Å². The lowest BCUT2D eigenvalue weighted by Gasteiger charge is -2.20. The molecule has 0 aliphatic carbocycles. The van der Waals surface area contributed by atoms with Gasteiger partial charge in [-0.3, -0.25) is 14.9 Å². The molecule has 0 aliphatic rings. The molecule has 0 spiro atoms. The Morgan fingerprint density at radius 2 is 1.92 bits per heavy atom. The Morgan fingerprint density at radius 1 is 1.14 bits per heavy atom. The first-order valence-corrected chi connectivity index (χ1v) is 12.3. The van der Waals surface area contributed by atoms with Crippen LogP contribution in [0, 0.1) is 0 Å². The van der Waals surface area contributed by atoms with Crippen molar-refractivity contribution in [1.82, 2.24) is 25.0 Å². The minimum Gasteiger partial charge on any atom is -0.389 e. The Labute approximate surface area is 216 Å². The molecule has 0 bridgehead atoms. The van der Waals surface area contributed by atoms with Gasteiger partial charge in [-0.1, -0.05) is 18.2 Å². The van der Waals surface area contributed by atoms with Gasteiger partial charge < -0.3 is 14.6 Å². The Kier molecular flexibility index (Phi) is 6.32. The summed E-state index contributed by atoms with van der Waals surface area (Å²) >= 11 is 1.29. The first-order valence-electron chi connectivity index (χ1n) is 11.5. The Morgan fingerprint density at radius 3 is 2.62 bits per heavy atom. The van der Waals surface area contributed by atoms with Crippen LogP contribution in [0.15, 0.2) is 66.9 Å². The summed E-state index contributed by atoms with van der Waals surface area (Å²) in [5.74, 6) is -0.179. The van der Waals surface area contributed by atoms with Crippen molar-refractivity contribution in [3.63, 3.8) is 0 Å². The molecule has 0 atom stereocenters. The fourth-order valence-corrected chi connectivity index (χ4v) is 4.80. The summed E-state index contributed by atoms with van der Waals surface area (Å²) < 4.78 is 1.77. The van der Waals surface area contributed by atoms with Crippen molar-refractivity contribution >= 4 is 45.8 Å². The highest BCUT2D eigenvalue weighted by Crippen LogP contribution is 2.29. The number of aliphatic hydroxyl groups is 1. The highest BCUT2D eigenvalue weighted by molar-refractivity contribution is 7.17. The van der Waals surface area contributed by atoms with Crippen LogP contribution in [0.1, 0.15) is 33.9 Å². The molecule has 0 fully saturated rings. The van der Waals surface area contributed by atoms with Crippen molar-refractivity contribution in [1.29, 1.82) is 0 Å². The summed E-state index contributed by atoms with van der Waals surface area (Å²) in [7, 11) is 1.70. The third kappa shape index (κ3) is 5.13. The van der Waals surface area contributed by atoms with Gasteiger partial charge in [0.2, 0.25) is 5.95 Å². The molecule has 11 heteroatoms. The third-order valence-corrected chi connectivity index (χ3v) is 6.82. The number of hydrogen-bond acceptors (Lipinski definition) is 7. The number of rotatable bonds is 7. The molecular formula is C26H25N7O3S. The lowest BCUT2D eigenvalue weighted by Crippen LogP contribution is -2.27. The topological polar surface area (TPSA) is 129 Å². The predicted octanol–water partition coefficient (Wildman–Crippen LogP) is 4.18. The fourth-order valence-electron chi connectivity index (χ4n) is 3.94. The number of aromatic nitrogens is 5. The number of fused-ring (bicyclic) bond motifs is 1. The van der Waals surface area contributed by atoms with Gasteiger partial charge >= 0.3 is 0 Å². The van der Waals surface area contributed by atoms with E-state index in [-0.39, 0.29) is 18.4 Å². The summed E-state index contributed by atoms with van der Waals surface area (Å²) in [6, 6.07) is 18.0. The number of amides is 2. The molecule has 0 radical (unpaired) electrons. The zero-order valence-corrected chi connectivity index (χ0v) is 21.3. The van der Waals surface area contributed by atoms with E-state index in [1.807, 2.05) is 36.4 Å². The number of hydrogen-bond donors (Lipinski definition) is 3. The summed E-state index contributed by atoms with van der Waals surface area (Å²) in [4.78, 5) is 33.5. The molecule has 3 aromatic heterocycles. The Bertz CT molecular complexity index is 1570. The molecule has 2 amide bonds. The van der Waals surface area contributed by atoms with Crippen LogP contribution in [0.3, 0.4) is 0 Å². The average Bonchev–Trinajstić information content (AvgIpc) is 3.63. The zero-order chi connectivity index (χ0) is 26.2. The third-order valence-electron chi connectivity index (χ3n) is 5.71. The summed E-state index contributed by atoms with van der Waals surface area (Å²) in [6.07, 6.45) is 1.59. The molecule has 3 heterocycles. The van der Waals surface area contributed by atoms with Crippen LogP contribution in [0.4, 0.5) is 11.6 Å². The number of anilines is 2. The largest absolute Gasteiger partial charge is 0.389 e. The minimum absolute atomic E-state index is 0.148. The summed E-state index contributed by atoms with van der Waals surface area (Å²) in [6.45, 7) is 3.58. The maximum Gasteiger partial charge on any atom is 0.268 e. The standard InChI is InChI=1S/C26H25N7O3S/c1-26(2,36)15-33-20-10-9-17(32(3)24(35)16-7-5-4-6-8-16)13-18(20)28-25(33)29-23(34)22-12-11-21(37-22)19-14-27-31-30-19/h4-14,36H,15H2,1-3H3,(H,27,30,31)(H,28,29,34). The lowest BCUT2D eigenvalue weighted by atomic mass is 10.1. The highest BCUT2D eigenvalue weighted by Gasteiger charge is 2.23. The van der Waals surface area contributed by atoms with E-state index < -0.39 is 5.60 Å². The van der Waals surface area contributed by atoms with E-state index in [9.17, 15) is 14.7 Å². The number of benzene rings is 2. The summed E-state index contributed by atoms with van der Waals surface area (Å²) in [5, 5.41) is 23.9. The molecule has 5 aromatic rings. The van der Waals surface area contributed by atoms with Gasteiger partial charge in [-0.05, 0) is 56.3 Å². The normalized spacial score (nSPS) is 11.6. The van der Waals surface area contributed by atoms with E-state index in [2.05, 4.69) is 25.7 Å². The van der Waals surface area contributed by atoms with E-state index >= 15 is 0 Å². The van der Waals surface area contributed by atoms with Crippen LogP contribution >= 0.6 is 11.3 Å². The molecular weight excluding hydrogens is 490 g/mol. The molecule has 3 N–H and O–H groups in total. The van der Waals surface area contributed by atoms with Gasteiger partial charge in [0.1, 0.15) is 5.69 Å². The number of thiophene rings is 1. The quantitative estimate of drug-likeness (QED) is 0.298. The highest BCUT2D eigenvalue weighted by atomic mass is 32.1. The van der Waals surface area contributed by atoms with E-state index in [1.54, 1.807) is 60.8 Å². The average molecular weight is 516 g/mol. The van der Waals surface area contributed by atoms with Gasteiger partial charge in [0.05, 0.1) is 39.1 Å². The molecule has 188 valence electrons. The number of H-pyrrole nitrogens is 1. The van der Waals surface area contributed by atoms with Crippen molar-refractivity contribution in [3.8, 4) is 10.6 Å². The second kappa shape index (κ2) is 9.60. The van der Waals surface area contributed by atoms with Gasteiger partial charge in [0.15, 0.2) is 0 Å². The smallest absolute Gasteiger partial charge is 0.268 e. The van der Waals surface area contributed by atoms with Crippen LogP contribution in [0.2, 0.25) is 0 Å². The SMILES string of the molecule is CN(C(=O)c1ccccc1)c1ccc2c(c1)nc(NC(=O)c1ccc(-c3cn[nH]n3)s1)n2CC(C)(C)O. The molecule has 0 aliphatic heterocycles. The molecule has 0 saturated carbocycles. The number of carbonyl (C=O) groups excluding carboxylic acids is 2. The molecule has 0 saturated heterocycles. The molecule has 37 heavy (non-hydrogen) atoms. The van der Waals surface area contributed by atoms with Crippen molar-refractivity contribution in [2.45, 2.75) is 26.0 Å². The van der Waals surface area contributed by atoms with Gasteiger partial charge in [-0.2, -0.15) is 15.4 Å². The lowest BCUT2D eigenvalue weighted by molar-refractivity contribution is 0.0630. The number of aromatic amines is 1. The van der Waals surface area contributed by atoms with Crippen molar-refractivity contribution in [3.05, 3.63) is 77.3 Å². The number of nitrogens with one attached hydrogen (secondary N) is 2. The predicted molar refractivity (Wildman–Crippen MR) is 143 cm³/mol.